The van der Waals surface area contributed by atoms with Crippen molar-refractivity contribution in [2.75, 3.05) is 5.32 Å². The van der Waals surface area contributed by atoms with Gasteiger partial charge in [-0.2, -0.15) is 13.2 Å². The van der Waals surface area contributed by atoms with Gasteiger partial charge in [-0.3, -0.25) is 4.79 Å². The van der Waals surface area contributed by atoms with E-state index in [1.165, 1.54) is 24.3 Å². The number of benzene rings is 2. The molecule has 3 nitrogen and oxygen atoms in total. The first-order valence-corrected chi connectivity index (χ1v) is 9.44. The zero-order valence-electron chi connectivity index (χ0n) is 15.5. The summed E-state index contributed by atoms with van der Waals surface area (Å²) in [4.78, 5) is 12.9. The van der Waals surface area contributed by atoms with E-state index in [4.69, 9.17) is 0 Å². The van der Waals surface area contributed by atoms with Gasteiger partial charge in [0.05, 0.1) is 5.56 Å². The summed E-state index contributed by atoms with van der Waals surface area (Å²) in [5, 5.41) is 5.46. The Morgan fingerprint density at radius 2 is 1.69 bits per heavy atom. The van der Waals surface area contributed by atoms with E-state index in [0.29, 0.717) is 0 Å². The summed E-state index contributed by atoms with van der Waals surface area (Å²) in [5.41, 5.74) is -1.20. The molecule has 2 aromatic carbocycles. The molecule has 29 heavy (non-hydrogen) atoms. The highest BCUT2D eigenvalue weighted by molar-refractivity contribution is 5.86. The molecule has 1 amide bonds. The van der Waals surface area contributed by atoms with Crippen LogP contribution in [0, 0.1) is 11.6 Å². The van der Waals surface area contributed by atoms with E-state index < -0.39 is 35.3 Å². The molecular weight excluding hydrogens is 391 g/mol. The molecule has 2 aromatic rings. The van der Waals surface area contributed by atoms with Gasteiger partial charge in [0.1, 0.15) is 6.04 Å². The Morgan fingerprint density at radius 3 is 2.38 bits per heavy atom. The van der Waals surface area contributed by atoms with Crippen molar-refractivity contribution in [2.24, 2.45) is 0 Å². The number of carbonyl (C=O) groups excluding carboxylic acids is 1. The number of carbonyl (C=O) groups is 1. The number of amides is 1. The van der Waals surface area contributed by atoms with Crippen LogP contribution < -0.4 is 10.6 Å². The maximum absolute atomic E-state index is 14.4. The number of anilines is 1. The molecule has 0 bridgehead atoms. The lowest BCUT2D eigenvalue weighted by Gasteiger charge is -2.27. The quantitative estimate of drug-likeness (QED) is 0.629. The normalized spacial score (nSPS) is 16.3. The summed E-state index contributed by atoms with van der Waals surface area (Å²) in [5.74, 6) is -2.96. The minimum absolute atomic E-state index is 0.0210. The van der Waals surface area contributed by atoms with E-state index in [1.54, 1.807) is 0 Å². The molecule has 8 heteroatoms. The van der Waals surface area contributed by atoms with E-state index in [0.717, 1.165) is 50.3 Å². The molecule has 2 N–H and O–H groups in total. The highest BCUT2D eigenvalue weighted by atomic mass is 19.4. The first-order valence-electron chi connectivity index (χ1n) is 9.44. The van der Waals surface area contributed by atoms with Gasteiger partial charge in [0, 0.05) is 17.3 Å². The van der Waals surface area contributed by atoms with Crippen LogP contribution >= 0.6 is 0 Å². The van der Waals surface area contributed by atoms with Crippen molar-refractivity contribution >= 4 is 11.6 Å². The van der Waals surface area contributed by atoms with Gasteiger partial charge in [-0.15, -0.1) is 0 Å². The SMILES string of the molecule is O=C(NC1CCCCC1)C(Nc1cccc(C(F)(F)F)c1)c1cccc(F)c1F. The molecule has 3 rings (SSSR count). The van der Waals surface area contributed by atoms with E-state index in [2.05, 4.69) is 10.6 Å². The predicted molar refractivity (Wildman–Crippen MR) is 99.2 cm³/mol. The van der Waals surface area contributed by atoms with Gasteiger partial charge in [0.2, 0.25) is 5.91 Å². The van der Waals surface area contributed by atoms with Crippen molar-refractivity contribution < 1.29 is 26.7 Å². The Kier molecular flexibility index (Phi) is 6.39. The van der Waals surface area contributed by atoms with Gasteiger partial charge in [0.25, 0.3) is 0 Å². The van der Waals surface area contributed by atoms with Crippen LogP contribution in [0.4, 0.5) is 27.6 Å². The summed E-state index contributed by atoms with van der Waals surface area (Å²) in [7, 11) is 0. The summed E-state index contributed by atoms with van der Waals surface area (Å²) in [6, 6.07) is 6.18. The fraction of sp³-hybridized carbons (Fsp3) is 0.381. The van der Waals surface area contributed by atoms with Gasteiger partial charge in [-0.05, 0) is 37.1 Å². The third kappa shape index (κ3) is 5.25. The largest absolute Gasteiger partial charge is 0.416 e. The third-order valence-electron chi connectivity index (χ3n) is 5.01. The fourth-order valence-corrected chi connectivity index (χ4v) is 3.51. The average molecular weight is 412 g/mol. The van der Waals surface area contributed by atoms with Gasteiger partial charge in [0.15, 0.2) is 11.6 Å². The van der Waals surface area contributed by atoms with E-state index >= 15 is 0 Å². The summed E-state index contributed by atoms with van der Waals surface area (Å²) in [6.45, 7) is 0. The molecule has 1 saturated carbocycles. The zero-order valence-corrected chi connectivity index (χ0v) is 15.5. The van der Waals surface area contributed by atoms with Crippen molar-refractivity contribution in [3.63, 3.8) is 0 Å². The zero-order chi connectivity index (χ0) is 21.0. The Bertz CT molecular complexity index is 862. The third-order valence-corrected chi connectivity index (χ3v) is 5.01. The Labute approximate surface area is 165 Å². The number of hydrogen-bond donors (Lipinski definition) is 2. The van der Waals surface area contributed by atoms with Crippen molar-refractivity contribution in [3.05, 3.63) is 65.2 Å². The Balaban J connectivity index is 1.90. The van der Waals surface area contributed by atoms with E-state index in [9.17, 15) is 26.7 Å². The van der Waals surface area contributed by atoms with Crippen LogP contribution in [0.25, 0.3) is 0 Å². The number of alkyl halides is 3. The first kappa shape index (κ1) is 21.1. The highest BCUT2D eigenvalue weighted by Crippen LogP contribution is 2.32. The van der Waals surface area contributed by atoms with Gasteiger partial charge in [-0.1, -0.05) is 37.5 Å². The smallest absolute Gasteiger partial charge is 0.370 e. The Morgan fingerprint density at radius 1 is 1.00 bits per heavy atom. The molecule has 1 fully saturated rings. The van der Waals surface area contributed by atoms with E-state index in [-0.39, 0.29) is 17.3 Å². The van der Waals surface area contributed by atoms with Crippen molar-refractivity contribution in [2.45, 2.75) is 50.4 Å². The van der Waals surface area contributed by atoms with Crippen molar-refractivity contribution in [3.8, 4) is 0 Å². The van der Waals surface area contributed by atoms with Crippen molar-refractivity contribution in [1.82, 2.24) is 5.32 Å². The molecular formula is C21H21F5N2O. The second-order valence-corrected chi connectivity index (χ2v) is 7.14. The van der Waals surface area contributed by atoms with Crippen LogP contribution in [0.1, 0.15) is 49.3 Å². The predicted octanol–water partition coefficient (Wildman–Crippen LogP) is 5.59. The first-order chi connectivity index (χ1) is 13.8. The molecule has 0 radical (unpaired) electrons. The second-order valence-electron chi connectivity index (χ2n) is 7.14. The summed E-state index contributed by atoms with van der Waals surface area (Å²) < 4.78 is 67.1. The van der Waals surface area contributed by atoms with Gasteiger partial charge in [-0.25, -0.2) is 8.78 Å². The molecule has 1 aliphatic carbocycles. The Hall–Kier alpha value is -2.64. The van der Waals surface area contributed by atoms with Crippen LogP contribution in [0.5, 0.6) is 0 Å². The molecule has 0 spiro atoms. The monoisotopic (exact) mass is 412 g/mol. The molecule has 0 heterocycles. The maximum Gasteiger partial charge on any atom is 0.416 e. The fourth-order valence-electron chi connectivity index (χ4n) is 3.51. The minimum atomic E-state index is -4.57. The lowest BCUT2D eigenvalue weighted by molar-refractivity contribution is -0.137. The standard InChI is InChI=1S/C21H21F5N2O/c22-17-11-5-10-16(18(17)23)19(20(29)28-14-7-2-1-3-8-14)27-15-9-4-6-13(12-15)21(24,25)26/h4-6,9-12,14,19,27H,1-3,7-8H2,(H,28,29). The lowest BCUT2D eigenvalue weighted by atomic mass is 9.94. The molecule has 0 saturated heterocycles. The number of rotatable bonds is 5. The topological polar surface area (TPSA) is 41.1 Å². The minimum Gasteiger partial charge on any atom is -0.370 e. The lowest BCUT2D eigenvalue weighted by Crippen LogP contribution is -2.41. The van der Waals surface area contributed by atoms with Crippen LogP contribution in [0.3, 0.4) is 0 Å². The van der Waals surface area contributed by atoms with Crippen LogP contribution in [-0.4, -0.2) is 11.9 Å². The molecule has 1 aliphatic rings. The van der Waals surface area contributed by atoms with Crippen molar-refractivity contribution in [1.29, 1.82) is 0 Å². The van der Waals surface area contributed by atoms with E-state index in [1.807, 2.05) is 0 Å². The molecule has 1 atom stereocenters. The highest BCUT2D eigenvalue weighted by Gasteiger charge is 2.32. The van der Waals surface area contributed by atoms with Gasteiger partial charge < -0.3 is 10.6 Å². The summed E-state index contributed by atoms with van der Waals surface area (Å²) in [6.07, 6.45) is -0.0598. The van der Waals surface area contributed by atoms with Crippen LogP contribution in [0.15, 0.2) is 42.5 Å². The number of hydrogen-bond acceptors (Lipinski definition) is 2. The molecule has 0 aliphatic heterocycles. The van der Waals surface area contributed by atoms with Crippen LogP contribution in [0.2, 0.25) is 0 Å². The molecule has 0 aromatic heterocycles. The average Bonchev–Trinajstić information content (AvgIpc) is 2.69. The molecule has 156 valence electrons. The summed E-state index contributed by atoms with van der Waals surface area (Å²) >= 11 is 0. The molecule has 1 unspecified atom stereocenters. The van der Waals surface area contributed by atoms with Crippen LogP contribution in [-0.2, 0) is 11.0 Å². The van der Waals surface area contributed by atoms with Gasteiger partial charge >= 0.3 is 6.18 Å². The maximum atomic E-state index is 14.4. The number of halogens is 5. The second kappa shape index (κ2) is 8.80. The number of nitrogens with one attached hydrogen (secondary N) is 2.